The topological polar surface area (TPSA) is 46.6 Å². The van der Waals surface area contributed by atoms with Crippen molar-refractivity contribution < 1.29 is 14.3 Å². The van der Waals surface area contributed by atoms with E-state index in [1.165, 1.54) is 6.08 Å². The monoisotopic (exact) mass is 385 g/mol. The minimum atomic E-state index is -0.295. The molecule has 0 unspecified atom stereocenters. The lowest BCUT2D eigenvalue weighted by Gasteiger charge is -2.21. The molecule has 0 N–H and O–H groups in total. The van der Waals surface area contributed by atoms with Gasteiger partial charge in [0.2, 0.25) is 5.91 Å². The van der Waals surface area contributed by atoms with Crippen LogP contribution in [0.15, 0.2) is 60.7 Å². The highest BCUT2D eigenvalue weighted by Crippen LogP contribution is 2.11. The second-order valence-corrected chi connectivity index (χ2v) is 6.44. The molecular weight excluding hydrogens is 362 g/mol. The van der Waals surface area contributed by atoms with Crippen LogP contribution in [0.25, 0.3) is 6.08 Å². The smallest absolute Gasteiger partial charge is 0.307 e. The maximum atomic E-state index is 12.6. The molecule has 0 aliphatic carbocycles. The molecule has 4 nitrogen and oxygen atoms in total. The Morgan fingerprint density at radius 1 is 1.04 bits per heavy atom. The standard InChI is InChI=1S/C22H24ClNO3/c1-2-27-22(26)15-17-24(16-14-18-6-4-3-5-7-18)21(25)13-10-19-8-11-20(23)12-9-19/h3-13H,2,14-17H2,1H3/b13-10+. The zero-order valence-corrected chi connectivity index (χ0v) is 16.2. The van der Waals surface area contributed by atoms with Gasteiger partial charge in [0.25, 0.3) is 0 Å². The molecule has 0 aliphatic heterocycles. The summed E-state index contributed by atoms with van der Waals surface area (Å²) >= 11 is 5.88. The highest BCUT2D eigenvalue weighted by atomic mass is 35.5. The first-order valence-electron chi connectivity index (χ1n) is 9.00. The molecule has 0 saturated heterocycles. The van der Waals surface area contributed by atoms with Crippen molar-refractivity contribution >= 4 is 29.6 Å². The van der Waals surface area contributed by atoms with Crippen molar-refractivity contribution in [3.05, 3.63) is 76.8 Å². The molecule has 2 aromatic rings. The average molecular weight is 386 g/mol. The van der Waals surface area contributed by atoms with Gasteiger partial charge in [0.1, 0.15) is 0 Å². The van der Waals surface area contributed by atoms with Crippen LogP contribution in [0.5, 0.6) is 0 Å². The molecule has 5 heteroatoms. The summed E-state index contributed by atoms with van der Waals surface area (Å²) in [5.74, 6) is -0.429. The molecule has 0 atom stereocenters. The predicted octanol–water partition coefficient (Wildman–Crippen LogP) is 4.38. The Balaban J connectivity index is 2.00. The van der Waals surface area contributed by atoms with Crippen molar-refractivity contribution in [2.45, 2.75) is 19.8 Å². The van der Waals surface area contributed by atoms with E-state index in [1.807, 2.05) is 42.5 Å². The number of ether oxygens (including phenoxy) is 1. The number of hydrogen-bond donors (Lipinski definition) is 0. The normalized spacial score (nSPS) is 10.7. The fraction of sp³-hybridized carbons (Fsp3) is 0.273. The number of rotatable bonds is 9. The lowest BCUT2D eigenvalue weighted by Crippen LogP contribution is -2.33. The number of halogens is 1. The Labute approximate surface area is 165 Å². The number of nitrogens with zero attached hydrogens (tertiary/aromatic N) is 1. The van der Waals surface area contributed by atoms with Gasteiger partial charge in [0.05, 0.1) is 13.0 Å². The average Bonchev–Trinajstić information content (AvgIpc) is 2.68. The maximum absolute atomic E-state index is 12.6. The molecule has 0 aliphatic rings. The van der Waals surface area contributed by atoms with Crippen LogP contribution in [0, 0.1) is 0 Å². The maximum Gasteiger partial charge on any atom is 0.307 e. The first-order chi connectivity index (χ1) is 13.1. The van der Waals surface area contributed by atoms with Crippen LogP contribution in [0.4, 0.5) is 0 Å². The minimum Gasteiger partial charge on any atom is -0.466 e. The van der Waals surface area contributed by atoms with Gasteiger partial charge in [-0.3, -0.25) is 9.59 Å². The van der Waals surface area contributed by atoms with Crippen LogP contribution in [-0.2, 0) is 20.7 Å². The lowest BCUT2D eigenvalue weighted by atomic mass is 10.1. The number of amides is 1. The van der Waals surface area contributed by atoms with E-state index in [0.717, 1.165) is 17.5 Å². The molecule has 1 amide bonds. The molecule has 2 rings (SSSR count). The van der Waals surface area contributed by atoms with Crippen LogP contribution in [0.3, 0.4) is 0 Å². The summed E-state index contributed by atoms with van der Waals surface area (Å²) in [5, 5.41) is 0.650. The highest BCUT2D eigenvalue weighted by molar-refractivity contribution is 6.30. The molecule has 0 saturated carbocycles. The molecule has 142 valence electrons. The fourth-order valence-corrected chi connectivity index (χ4v) is 2.67. The fourth-order valence-electron chi connectivity index (χ4n) is 2.55. The van der Waals surface area contributed by atoms with E-state index in [2.05, 4.69) is 0 Å². The molecule has 0 heterocycles. The quantitative estimate of drug-likeness (QED) is 0.475. The molecule has 0 spiro atoms. The predicted molar refractivity (Wildman–Crippen MR) is 108 cm³/mol. The first-order valence-corrected chi connectivity index (χ1v) is 9.38. The van der Waals surface area contributed by atoms with E-state index in [1.54, 1.807) is 30.0 Å². The Bertz CT molecular complexity index is 757. The number of benzene rings is 2. The number of esters is 1. The van der Waals surface area contributed by atoms with Gasteiger partial charge in [-0.25, -0.2) is 0 Å². The zero-order chi connectivity index (χ0) is 19.5. The third kappa shape index (κ3) is 7.67. The SMILES string of the molecule is CCOC(=O)CCN(CCc1ccccc1)C(=O)/C=C/c1ccc(Cl)cc1. The second kappa shape index (κ2) is 11.2. The van der Waals surface area contributed by atoms with Gasteiger partial charge in [-0.2, -0.15) is 0 Å². The molecule has 0 fully saturated rings. The molecule has 0 bridgehead atoms. The lowest BCUT2D eigenvalue weighted by molar-refractivity contribution is -0.143. The van der Waals surface area contributed by atoms with Gasteiger partial charge in [-0.15, -0.1) is 0 Å². The Morgan fingerprint density at radius 2 is 1.74 bits per heavy atom. The van der Waals surface area contributed by atoms with Crippen molar-refractivity contribution in [3.63, 3.8) is 0 Å². The van der Waals surface area contributed by atoms with Crippen LogP contribution >= 0.6 is 11.6 Å². The van der Waals surface area contributed by atoms with E-state index in [-0.39, 0.29) is 18.3 Å². The summed E-state index contributed by atoms with van der Waals surface area (Å²) in [6.45, 7) is 2.97. The van der Waals surface area contributed by atoms with Crippen molar-refractivity contribution in [2.24, 2.45) is 0 Å². The van der Waals surface area contributed by atoms with E-state index in [0.29, 0.717) is 24.7 Å². The molecule has 27 heavy (non-hydrogen) atoms. The van der Waals surface area contributed by atoms with Crippen molar-refractivity contribution in [2.75, 3.05) is 19.7 Å². The van der Waals surface area contributed by atoms with Crippen molar-refractivity contribution in [1.82, 2.24) is 4.90 Å². The largest absolute Gasteiger partial charge is 0.466 e. The van der Waals surface area contributed by atoms with E-state index >= 15 is 0 Å². The third-order valence-electron chi connectivity index (χ3n) is 4.00. The summed E-state index contributed by atoms with van der Waals surface area (Å²) in [4.78, 5) is 26.0. The molecular formula is C22H24ClNO3. The van der Waals surface area contributed by atoms with Gasteiger partial charge in [-0.1, -0.05) is 54.1 Å². The van der Waals surface area contributed by atoms with E-state index in [9.17, 15) is 9.59 Å². The first kappa shape index (κ1) is 20.7. The summed E-state index contributed by atoms with van der Waals surface area (Å²) in [5.41, 5.74) is 2.04. The van der Waals surface area contributed by atoms with Crippen LogP contribution in [0.1, 0.15) is 24.5 Å². The Hall–Kier alpha value is -2.59. The number of carbonyl (C=O) groups excluding carboxylic acids is 2. The number of carbonyl (C=O) groups is 2. The molecule has 2 aromatic carbocycles. The van der Waals surface area contributed by atoms with Crippen LogP contribution < -0.4 is 0 Å². The van der Waals surface area contributed by atoms with Gasteiger partial charge >= 0.3 is 5.97 Å². The van der Waals surface area contributed by atoms with E-state index in [4.69, 9.17) is 16.3 Å². The van der Waals surface area contributed by atoms with Gasteiger partial charge in [0.15, 0.2) is 0 Å². The van der Waals surface area contributed by atoms with Crippen LogP contribution in [-0.4, -0.2) is 36.5 Å². The second-order valence-electron chi connectivity index (χ2n) is 6.00. The van der Waals surface area contributed by atoms with Gasteiger partial charge in [0, 0.05) is 24.2 Å². The molecule has 0 aromatic heterocycles. The van der Waals surface area contributed by atoms with Crippen molar-refractivity contribution in [3.8, 4) is 0 Å². The summed E-state index contributed by atoms with van der Waals surface area (Å²) in [6, 6.07) is 17.2. The van der Waals surface area contributed by atoms with E-state index < -0.39 is 0 Å². The molecule has 0 radical (unpaired) electrons. The Morgan fingerprint density at radius 3 is 2.41 bits per heavy atom. The summed E-state index contributed by atoms with van der Waals surface area (Å²) in [6.07, 6.45) is 4.19. The summed E-state index contributed by atoms with van der Waals surface area (Å²) in [7, 11) is 0. The van der Waals surface area contributed by atoms with Crippen molar-refractivity contribution in [1.29, 1.82) is 0 Å². The zero-order valence-electron chi connectivity index (χ0n) is 15.4. The Kier molecular flexibility index (Phi) is 8.59. The van der Waals surface area contributed by atoms with Crippen LogP contribution in [0.2, 0.25) is 5.02 Å². The third-order valence-corrected chi connectivity index (χ3v) is 4.26. The minimum absolute atomic E-state index is 0.134. The summed E-state index contributed by atoms with van der Waals surface area (Å²) < 4.78 is 4.97. The highest BCUT2D eigenvalue weighted by Gasteiger charge is 2.13. The van der Waals surface area contributed by atoms with Gasteiger partial charge < -0.3 is 9.64 Å². The number of hydrogen-bond acceptors (Lipinski definition) is 3. The van der Waals surface area contributed by atoms with Gasteiger partial charge in [-0.05, 0) is 42.7 Å².